The summed E-state index contributed by atoms with van der Waals surface area (Å²) in [6, 6.07) is 9.18. The van der Waals surface area contributed by atoms with Crippen LogP contribution in [0.2, 0.25) is 0 Å². The molecule has 1 saturated heterocycles. The highest BCUT2D eigenvalue weighted by Crippen LogP contribution is 2.51. The van der Waals surface area contributed by atoms with E-state index in [0.717, 1.165) is 32.4 Å². The van der Waals surface area contributed by atoms with Crippen LogP contribution >= 0.6 is 0 Å². The Morgan fingerprint density at radius 3 is 2.90 bits per heavy atom. The van der Waals surface area contributed by atoms with Gasteiger partial charge in [-0.15, -0.1) is 0 Å². The normalized spacial score (nSPS) is 35.4. The van der Waals surface area contributed by atoms with Gasteiger partial charge in [0.25, 0.3) is 0 Å². The van der Waals surface area contributed by atoms with Crippen LogP contribution in [0.15, 0.2) is 24.3 Å². The summed E-state index contributed by atoms with van der Waals surface area (Å²) < 4.78 is 0. The van der Waals surface area contributed by atoms with Crippen LogP contribution in [0.3, 0.4) is 0 Å². The first kappa shape index (κ1) is 13.3. The lowest BCUT2D eigenvalue weighted by Crippen LogP contribution is -2.37. The molecule has 112 valence electrons. The SMILES string of the molecule is O=C(O)[C@@]12CCC[C@H]1CN(C1CCCc3ccccc31)C2. The number of carboxylic acid groups (broad SMARTS) is 1. The predicted octanol–water partition coefficient (Wildman–Crippen LogP) is 3.25. The third kappa shape index (κ3) is 1.94. The largest absolute Gasteiger partial charge is 0.481 e. The van der Waals surface area contributed by atoms with E-state index in [9.17, 15) is 9.90 Å². The molecular formula is C18H23NO2. The van der Waals surface area contributed by atoms with Crippen molar-refractivity contribution in [1.82, 2.24) is 4.90 Å². The molecule has 3 heteroatoms. The molecule has 2 aliphatic carbocycles. The van der Waals surface area contributed by atoms with Crippen LogP contribution in [0.5, 0.6) is 0 Å². The monoisotopic (exact) mass is 285 g/mol. The van der Waals surface area contributed by atoms with Gasteiger partial charge in [-0.2, -0.15) is 0 Å². The Kier molecular flexibility index (Phi) is 3.07. The van der Waals surface area contributed by atoms with Crippen molar-refractivity contribution in [3.63, 3.8) is 0 Å². The lowest BCUT2D eigenvalue weighted by atomic mass is 9.81. The van der Waals surface area contributed by atoms with Gasteiger partial charge in [0.2, 0.25) is 0 Å². The Labute approximate surface area is 126 Å². The zero-order chi connectivity index (χ0) is 14.4. The van der Waals surface area contributed by atoms with Gasteiger partial charge in [0.05, 0.1) is 5.41 Å². The zero-order valence-electron chi connectivity index (χ0n) is 12.4. The van der Waals surface area contributed by atoms with Gasteiger partial charge < -0.3 is 5.11 Å². The van der Waals surface area contributed by atoms with Gasteiger partial charge in [-0.05, 0) is 49.1 Å². The van der Waals surface area contributed by atoms with Crippen LogP contribution in [0.4, 0.5) is 0 Å². The van der Waals surface area contributed by atoms with E-state index in [1.165, 1.54) is 30.4 Å². The minimum Gasteiger partial charge on any atom is -0.481 e. The Hall–Kier alpha value is -1.35. The van der Waals surface area contributed by atoms with Gasteiger partial charge in [0, 0.05) is 19.1 Å². The van der Waals surface area contributed by atoms with Gasteiger partial charge in [-0.25, -0.2) is 0 Å². The van der Waals surface area contributed by atoms with E-state index in [1.807, 2.05) is 0 Å². The van der Waals surface area contributed by atoms with Crippen molar-refractivity contribution in [2.75, 3.05) is 13.1 Å². The number of rotatable bonds is 2. The molecule has 0 radical (unpaired) electrons. The van der Waals surface area contributed by atoms with Gasteiger partial charge in [0.15, 0.2) is 0 Å². The van der Waals surface area contributed by atoms with Crippen molar-refractivity contribution in [3.05, 3.63) is 35.4 Å². The molecule has 1 aromatic rings. The number of fused-ring (bicyclic) bond motifs is 2. The van der Waals surface area contributed by atoms with E-state index >= 15 is 0 Å². The number of hydrogen-bond donors (Lipinski definition) is 1. The molecule has 1 N–H and O–H groups in total. The quantitative estimate of drug-likeness (QED) is 0.906. The molecule has 4 rings (SSSR count). The van der Waals surface area contributed by atoms with Crippen molar-refractivity contribution in [3.8, 4) is 0 Å². The lowest BCUT2D eigenvalue weighted by Gasteiger charge is -2.34. The second kappa shape index (κ2) is 4.84. The molecule has 3 nitrogen and oxygen atoms in total. The fourth-order valence-electron chi connectivity index (χ4n) is 5.02. The second-order valence-corrected chi connectivity index (χ2v) is 7.09. The highest BCUT2D eigenvalue weighted by Gasteiger charge is 2.55. The minimum atomic E-state index is -0.559. The summed E-state index contributed by atoms with van der Waals surface area (Å²) in [6.45, 7) is 1.73. The average molecular weight is 285 g/mol. The molecule has 0 spiro atoms. The van der Waals surface area contributed by atoms with Crippen LogP contribution in [-0.2, 0) is 11.2 Å². The van der Waals surface area contributed by atoms with Crippen molar-refractivity contribution in [2.45, 2.75) is 44.6 Å². The van der Waals surface area contributed by atoms with Crippen LogP contribution in [0.1, 0.15) is 49.3 Å². The molecule has 1 aromatic carbocycles. The summed E-state index contributed by atoms with van der Waals surface area (Å²) in [5, 5.41) is 9.76. The van der Waals surface area contributed by atoms with E-state index in [0.29, 0.717) is 12.0 Å². The predicted molar refractivity (Wildman–Crippen MR) is 81.1 cm³/mol. The Morgan fingerprint density at radius 2 is 2.10 bits per heavy atom. The molecule has 0 aromatic heterocycles. The Morgan fingerprint density at radius 1 is 1.24 bits per heavy atom. The molecule has 1 aliphatic heterocycles. The third-order valence-corrected chi connectivity index (χ3v) is 6.10. The zero-order valence-corrected chi connectivity index (χ0v) is 12.4. The van der Waals surface area contributed by atoms with E-state index in [2.05, 4.69) is 29.2 Å². The summed E-state index contributed by atoms with van der Waals surface area (Å²) in [5.74, 6) is -0.194. The highest BCUT2D eigenvalue weighted by molar-refractivity contribution is 5.76. The number of aliphatic carboxylic acids is 1. The fourth-order valence-corrected chi connectivity index (χ4v) is 5.02. The van der Waals surface area contributed by atoms with E-state index in [-0.39, 0.29) is 0 Å². The molecule has 1 unspecified atom stereocenters. The van der Waals surface area contributed by atoms with Crippen LogP contribution < -0.4 is 0 Å². The number of carboxylic acids is 1. The summed E-state index contributed by atoms with van der Waals surface area (Å²) in [4.78, 5) is 14.3. The first-order chi connectivity index (χ1) is 10.2. The third-order valence-electron chi connectivity index (χ3n) is 6.10. The van der Waals surface area contributed by atoms with Gasteiger partial charge in [-0.1, -0.05) is 30.7 Å². The summed E-state index contributed by atoms with van der Waals surface area (Å²) in [5.41, 5.74) is 2.46. The minimum absolute atomic E-state index is 0.365. The second-order valence-electron chi connectivity index (χ2n) is 7.09. The van der Waals surface area contributed by atoms with E-state index < -0.39 is 11.4 Å². The molecule has 0 amide bonds. The number of hydrogen-bond acceptors (Lipinski definition) is 2. The molecule has 0 bridgehead atoms. The number of benzene rings is 1. The average Bonchev–Trinajstić information content (AvgIpc) is 3.04. The summed E-state index contributed by atoms with van der Waals surface area (Å²) in [7, 11) is 0. The van der Waals surface area contributed by atoms with E-state index in [4.69, 9.17) is 0 Å². The lowest BCUT2D eigenvalue weighted by molar-refractivity contribution is -0.149. The van der Waals surface area contributed by atoms with Crippen molar-refractivity contribution in [1.29, 1.82) is 0 Å². The maximum Gasteiger partial charge on any atom is 0.311 e. The molecule has 1 heterocycles. The van der Waals surface area contributed by atoms with Crippen LogP contribution in [-0.4, -0.2) is 29.1 Å². The maximum absolute atomic E-state index is 11.9. The number of likely N-dealkylation sites (tertiary alicyclic amines) is 1. The number of nitrogens with zero attached hydrogens (tertiary/aromatic N) is 1. The molecule has 1 saturated carbocycles. The molecule has 2 fully saturated rings. The van der Waals surface area contributed by atoms with Crippen molar-refractivity contribution >= 4 is 5.97 Å². The van der Waals surface area contributed by atoms with Gasteiger partial charge >= 0.3 is 5.97 Å². The van der Waals surface area contributed by atoms with Crippen LogP contribution in [0.25, 0.3) is 0 Å². The Bertz CT molecular complexity index is 570. The first-order valence-electron chi connectivity index (χ1n) is 8.26. The molecule has 3 aliphatic rings. The molecular weight excluding hydrogens is 262 g/mol. The summed E-state index contributed by atoms with van der Waals surface area (Å²) >= 11 is 0. The van der Waals surface area contributed by atoms with Crippen molar-refractivity contribution in [2.24, 2.45) is 11.3 Å². The number of carbonyl (C=O) groups is 1. The van der Waals surface area contributed by atoms with Crippen molar-refractivity contribution < 1.29 is 9.90 Å². The molecule has 3 atom stereocenters. The fraction of sp³-hybridized carbons (Fsp3) is 0.611. The standard InChI is InChI=1S/C18H23NO2/c20-17(21)18-10-4-7-14(18)11-19(12-18)16-9-3-6-13-5-1-2-8-15(13)16/h1-2,5,8,14,16H,3-4,6-7,9-12H2,(H,20,21)/t14-,16?,18+/m0/s1. The maximum atomic E-state index is 11.9. The Balaban J connectivity index is 1.64. The molecule has 21 heavy (non-hydrogen) atoms. The topological polar surface area (TPSA) is 40.5 Å². The highest BCUT2D eigenvalue weighted by atomic mass is 16.4. The van der Waals surface area contributed by atoms with Gasteiger partial charge in [-0.3, -0.25) is 9.69 Å². The first-order valence-corrected chi connectivity index (χ1v) is 8.26. The summed E-state index contributed by atoms with van der Waals surface area (Å²) in [6.07, 6.45) is 6.64. The number of aryl methyl sites for hydroxylation is 1. The smallest absolute Gasteiger partial charge is 0.311 e. The van der Waals surface area contributed by atoms with Crippen LogP contribution in [0, 0.1) is 11.3 Å². The van der Waals surface area contributed by atoms with Gasteiger partial charge in [0.1, 0.15) is 0 Å². The van der Waals surface area contributed by atoms with E-state index in [1.54, 1.807) is 0 Å².